The number of carbonyl (C=O) groups is 1. The Bertz CT molecular complexity index is 819. The van der Waals surface area contributed by atoms with Crippen molar-refractivity contribution >= 4 is 5.91 Å². The number of likely N-dealkylation sites (tertiary alicyclic amines) is 1. The van der Waals surface area contributed by atoms with E-state index in [1.807, 2.05) is 4.90 Å². The van der Waals surface area contributed by atoms with E-state index in [1.165, 1.54) is 0 Å². The smallest absolute Gasteiger partial charge is 0.272 e. The van der Waals surface area contributed by atoms with Crippen LogP contribution in [0.5, 0.6) is 5.75 Å². The highest BCUT2D eigenvalue weighted by Gasteiger charge is 2.55. The van der Waals surface area contributed by atoms with Gasteiger partial charge in [-0.05, 0) is 24.8 Å². The van der Waals surface area contributed by atoms with Crippen molar-refractivity contribution in [3.63, 3.8) is 0 Å². The van der Waals surface area contributed by atoms with Crippen molar-refractivity contribution in [2.75, 3.05) is 20.2 Å². The summed E-state index contributed by atoms with van der Waals surface area (Å²) >= 11 is 0. The van der Waals surface area contributed by atoms with Gasteiger partial charge in [-0.3, -0.25) is 9.78 Å². The maximum absolute atomic E-state index is 13.0. The van der Waals surface area contributed by atoms with Gasteiger partial charge in [-0.1, -0.05) is 25.4 Å². The number of rotatable bonds is 4. The molecule has 3 heterocycles. The largest absolute Gasteiger partial charge is 0.497 e. The maximum atomic E-state index is 13.0. The van der Waals surface area contributed by atoms with Crippen LogP contribution >= 0.6 is 0 Å². The molecular formula is C19H24N4O3. The van der Waals surface area contributed by atoms with Crippen LogP contribution in [0.2, 0.25) is 0 Å². The average molecular weight is 356 g/mol. The van der Waals surface area contributed by atoms with E-state index in [1.54, 1.807) is 25.4 Å². The first kappa shape index (κ1) is 17.0. The summed E-state index contributed by atoms with van der Waals surface area (Å²) in [6.45, 7) is 5.42. The standard InChI is InChI=1S/C19H24N4O3/c1-12(2)16-21-18(26-22-16)19-7-4-5-13(19)10-23(11-19)17(24)15-9-14(25-3)6-8-20-15/h6,8-9,12-13H,4-5,7,10-11H2,1-3H3/t13-,19-/m1/s1. The molecule has 1 saturated heterocycles. The zero-order valence-corrected chi connectivity index (χ0v) is 15.4. The van der Waals surface area contributed by atoms with Gasteiger partial charge in [0, 0.05) is 31.3 Å². The number of carbonyl (C=O) groups excluding carboxylic acids is 1. The number of aromatic nitrogens is 3. The van der Waals surface area contributed by atoms with Crippen LogP contribution in [0.25, 0.3) is 0 Å². The fourth-order valence-corrected chi connectivity index (χ4v) is 4.28. The van der Waals surface area contributed by atoms with Gasteiger partial charge < -0.3 is 14.2 Å². The molecule has 0 N–H and O–H groups in total. The number of pyridine rings is 1. The molecule has 2 aromatic heterocycles. The lowest BCUT2D eigenvalue weighted by Gasteiger charge is -2.24. The molecule has 2 atom stereocenters. The van der Waals surface area contributed by atoms with Gasteiger partial charge in [0.05, 0.1) is 12.5 Å². The summed E-state index contributed by atoms with van der Waals surface area (Å²) in [5, 5.41) is 4.15. The summed E-state index contributed by atoms with van der Waals surface area (Å²) in [6, 6.07) is 3.43. The predicted octanol–water partition coefficient (Wildman–Crippen LogP) is 2.79. The Morgan fingerprint density at radius 2 is 2.31 bits per heavy atom. The van der Waals surface area contributed by atoms with Crippen LogP contribution in [0.15, 0.2) is 22.9 Å². The number of amides is 1. The SMILES string of the molecule is COc1ccnc(C(=O)N2C[C@H]3CCC[C@@]3(c3nc(C(C)C)no3)C2)c1. The zero-order chi connectivity index (χ0) is 18.3. The lowest BCUT2D eigenvalue weighted by atomic mass is 9.80. The third-order valence-corrected chi connectivity index (χ3v) is 5.73. The fraction of sp³-hybridized carbons (Fsp3) is 0.579. The molecule has 4 rings (SSSR count). The molecule has 0 aromatic carbocycles. The van der Waals surface area contributed by atoms with Crippen molar-refractivity contribution < 1.29 is 14.1 Å². The van der Waals surface area contributed by atoms with Crippen LogP contribution in [0.4, 0.5) is 0 Å². The highest BCUT2D eigenvalue weighted by atomic mass is 16.5. The number of nitrogens with zero attached hydrogens (tertiary/aromatic N) is 4. The summed E-state index contributed by atoms with van der Waals surface area (Å²) in [5.41, 5.74) is 0.196. The van der Waals surface area contributed by atoms with E-state index in [0.29, 0.717) is 36.3 Å². The molecule has 138 valence electrons. The minimum atomic E-state index is -0.214. The Morgan fingerprint density at radius 1 is 1.46 bits per heavy atom. The monoisotopic (exact) mass is 356 g/mol. The van der Waals surface area contributed by atoms with Crippen LogP contribution in [-0.2, 0) is 5.41 Å². The molecule has 0 unspecified atom stereocenters. The van der Waals surface area contributed by atoms with Gasteiger partial charge >= 0.3 is 0 Å². The molecule has 2 aliphatic rings. The first-order valence-electron chi connectivity index (χ1n) is 9.17. The van der Waals surface area contributed by atoms with Gasteiger partial charge in [0.2, 0.25) is 5.89 Å². The maximum Gasteiger partial charge on any atom is 0.272 e. The molecule has 1 saturated carbocycles. The Labute approximate surface area is 152 Å². The predicted molar refractivity (Wildman–Crippen MR) is 94.1 cm³/mol. The second-order valence-electron chi connectivity index (χ2n) is 7.62. The average Bonchev–Trinajstić information content (AvgIpc) is 3.34. The molecule has 7 heteroatoms. The van der Waals surface area contributed by atoms with E-state index in [-0.39, 0.29) is 17.2 Å². The zero-order valence-electron chi connectivity index (χ0n) is 15.4. The molecule has 1 aliphatic heterocycles. The van der Waals surface area contributed by atoms with Crippen molar-refractivity contribution in [1.29, 1.82) is 0 Å². The number of methoxy groups -OCH3 is 1. The van der Waals surface area contributed by atoms with Crippen molar-refractivity contribution in [2.24, 2.45) is 5.92 Å². The number of ether oxygens (including phenoxy) is 1. The van der Waals surface area contributed by atoms with Gasteiger partial charge in [0.1, 0.15) is 11.4 Å². The van der Waals surface area contributed by atoms with E-state index in [0.717, 1.165) is 25.1 Å². The van der Waals surface area contributed by atoms with Crippen molar-refractivity contribution in [3.8, 4) is 5.75 Å². The fourth-order valence-electron chi connectivity index (χ4n) is 4.28. The molecule has 26 heavy (non-hydrogen) atoms. The third kappa shape index (κ3) is 2.66. The summed E-state index contributed by atoms with van der Waals surface area (Å²) in [4.78, 5) is 23.7. The molecule has 7 nitrogen and oxygen atoms in total. The summed E-state index contributed by atoms with van der Waals surface area (Å²) < 4.78 is 10.9. The van der Waals surface area contributed by atoms with Gasteiger partial charge in [-0.2, -0.15) is 4.98 Å². The Kier molecular flexibility index (Phi) is 4.17. The van der Waals surface area contributed by atoms with Gasteiger partial charge in [-0.25, -0.2) is 0 Å². The third-order valence-electron chi connectivity index (χ3n) is 5.73. The van der Waals surface area contributed by atoms with Crippen LogP contribution in [0.1, 0.15) is 61.2 Å². The molecule has 2 fully saturated rings. The first-order valence-corrected chi connectivity index (χ1v) is 9.17. The number of hydrogen-bond acceptors (Lipinski definition) is 6. The van der Waals surface area contributed by atoms with Gasteiger partial charge in [0.25, 0.3) is 5.91 Å². The summed E-state index contributed by atoms with van der Waals surface area (Å²) in [6.07, 6.45) is 4.79. The molecule has 2 aromatic rings. The molecular weight excluding hydrogens is 332 g/mol. The minimum Gasteiger partial charge on any atom is -0.497 e. The number of fused-ring (bicyclic) bond motifs is 1. The molecule has 0 bridgehead atoms. The van der Waals surface area contributed by atoms with Crippen LogP contribution in [0, 0.1) is 5.92 Å². The number of hydrogen-bond donors (Lipinski definition) is 0. The lowest BCUT2D eigenvalue weighted by molar-refractivity contribution is 0.0768. The minimum absolute atomic E-state index is 0.0683. The topological polar surface area (TPSA) is 81.4 Å². The van der Waals surface area contributed by atoms with Crippen LogP contribution < -0.4 is 4.74 Å². The van der Waals surface area contributed by atoms with E-state index in [4.69, 9.17) is 9.26 Å². The summed E-state index contributed by atoms with van der Waals surface area (Å²) in [7, 11) is 1.58. The summed E-state index contributed by atoms with van der Waals surface area (Å²) in [5.74, 6) is 2.58. The molecule has 0 spiro atoms. The van der Waals surface area contributed by atoms with Gasteiger partial charge in [0.15, 0.2) is 5.82 Å². The second-order valence-corrected chi connectivity index (χ2v) is 7.62. The second kappa shape index (κ2) is 6.37. The first-order chi connectivity index (χ1) is 12.5. The van der Waals surface area contributed by atoms with E-state index >= 15 is 0 Å². The molecule has 1 aliphatic carbocycles. The van der Waals surface area contributed by atoms with Crippen LogP contribution in [0.3, 0.4) is 0 Å². The lowest BCUT2D eigenvalue weighted by Crippen LogP contribution is -2.35. The van der Waals surface area contributed by atoms with E-state index in [2.05, 4.69) is 29.0 Å². The quantitative estimate of drug-likeness (QED) is 0.838. The van der Waals surface area contributed by atoms with Crippen LogP contribution in [-0.4, -0.2) is 46.1 Å². The molecule has 0 radical (unpaired) electrons. The van der Waals surface area contributed by atoms with Crippen molar-refractivity contribution in [2.45, 2.75) is 44.4 Å². The normalized spacial score (nSPS) is 24.9. The van der Waals surface area contributed by atoms with E-state index in [9.17, 15) is 4.79 Å². The highest BCUT2D eigenvalue weighted by molar-refractivity contribution is 5.93. The van der Waals surface area contributed by atoms with E-state index < -0.39 is 0 Å². The van der Waals surface area contributed by atoms with Gasteiger partial charge in [-0.15, -0.1) is 0 Å². The Morgan fingerprint density at radius 3 is 3.04 bits per heavy atom. The highest BCUT2D eigenvalue weighted by Crippen LogP contribution is 2.50. The van der Waals surface area contributed by atoms with Crippen molar-refractivity contribution in [3.05, 3.63) is 35.7 Å². The molecule has 1 amide bonds. The van der Waals surface area contributed by atoms with Crippen molar-refractivity contribution in [1.82, 2.24) is 20.0 Å². The Hall–Kier alpha value is -2.44. The Balaban J connectivity index is 1.61.